The predicted octanol–water partition coefficient (Wildman–Crippen LogP) is 3.00. The Morgan fingerprint density at radius 1 is 1.11 bits per heavy atom. The first-order valence-electron chi connectivity index (χ1n) is 8.56. The maximum Gasteiger partial charge on any atom is 0.321 e. The molecule has 2 amide bonds. The Morgan fingerprint density at radius 3 is 2.67 bits per heavy atom. The van der Waals surface area contributed by atoms with Crippen molar-refractivity contribution in [2.45, 2.75) is 19.9 Å². The number of rotatable bonds is 3. The van der Waals surface area contributed by atoms with E-state index in [2.05, 4.69) is 30.8 Å². The normalized spacial score (nSPS) is 11.2. The van der Waals surface area contributed by atoms with Crippen molar-refractivity contribution < 1.29 is 4.79 Å². The minimum Gasteiger partial charge on any atom is -0.336 e. The number of nitrogens with one attached hydrogen (secondary N) is 4. The van der Waals surface area contributed by atoms with Gasteiger partial charge < -0.3 is 10.3 Å². The van der Waals surface area contributed by atoms with Gasteiger partial charge in [0.25, 0.3) is 5.56 Å². The smallest absolute Gasteiger partial charge is 0.321 e. The number of hydrogen-bond donors (Lipinski definition) is 4. The van der Waals surface area contributed by atoms with Gasteiger partial charge in [0.2, 0.25) is 5.95 Å². The van der Waals surface area contributed by atoms with Crippen molar-refractivity contribution in [3.63, 3.8) is 0 Å². The molecule has 0 atom stereocenters. The zero-order valence-corrected chi connectivity index (χ0v) is 14.8. The molecule has 0 spiro atoms. The Balaban J connectivity index is 1.73. The van der Waals surface area contributed by atoms with E-state index in [4.69, 9.17) is 0 Å². The Kier molecular flexibility index (Phi) is 4.08. The van der Waals surface area contributed by atoms with Gasteiger partial charge in [-0.2, -0.15) is 5.10 Å². The van der Waals surface area contributed by atoms with Crippen LogP contribution in [0.4, 0.5) is 10.7 Å². The molecule has 2 heterocycles. The summed E-state index contributed by atoms with van der Waals surface area (Å²) in [6, 6.07) is 12.6. The Hall–Kier alpha value is -3.68. The lowest BCUT2D eigenvalue weighted by Crippen LogP contribution is -2.34. The summed E-state index contributed by atoms with van der Waals surface area (Å²) in [7, 11) is 0. The monoisotopic (exact) mass is 362 g/mol. The molecule has 2 aromatic heterocycles. The Labute approximate surface area is 154 Å². The van der Waals surface area contributed by atoms with Crippen LogP contribution < -0.4 is 16.2 Å². The predicted molar refractivity (Wildman–Crippen MR) is 105 cm³/mol. The fourth-order valence-electron chi connectivity index (χ4n) is 2.96. The van der Waals surface area contributed by atoms with Crippen molar-refractivity contribution in [1.29, 1.82) is 0 Å². The molecule has 0 aliphatic heterocycles. The molecule has 4 aromatic rings. The average molecular weight is 362 g/mol. The van der Waals surface area contributed by atoms with Gasteiger partial charge in [0, 0.05) is 17.0 Å². The highest BCUT2D eigenvalue weighted by atomic mass is 16.2. The van der Waals surface area contributed by atoms with Crippen LogP contribution in [0.5, 0.6) is 0 Å². The first kappa shape index (κ1) is 16.8. The van der Waals surface area contributed by atoms with Crippen molar-refractivity contribution in [2.75, 3.05) is 5.32 Å². The third kappa shape index (κ3) is 3.24. The van der Waals surface area contributed by atoms with Gasteiger partial charge in [0.15, 0.2) is 0 Å². The highest BCUT2D eigenvalue weighted by Crippen LogP contribution is 2.27. The topological polar surface area (TPSA) is 116 Å². The van der Waals surface area contributed by atoms with Gasteiger partial charge >= 0.3 is 6.03 Å². The summed E-state index contributed by atoms with van der Waals surface area (Å²) in [6.45, 7) is 3.76. The number of nitrogens with zero attached hydrogens (tertiary/aromatic N) is 2. The second-order valence-corrected chi connectivity index (χ2v) is 6.52. The molecule has 0 saturated carbocycles. The minimum atomic E-state index is -0.322. The summed E-state index contributed by atoms with van der Waals surface area (Å²) in [4.78, 5) is 31.3. The van der Waals surface area contributed by atoms with Gasteiger partial charge in [0.05, 0.1) is 22.1 Å². The van der Waals surface area contributed by atoms with Crippen LogP contribution in [-0.4, -0.2) is 32.2 Å². The number of fused-ring (bicyclic) bond motifs is 2. The van der Waals surface area contributed by atoms with E-state index in [0.29, 0.717) is 22.5 Å². The highest BCUT2D eigenvalue weighted by molar-refractivity contribution is 5.96. The van der Waals surface area contributed by atoms with Crippen molar-refractivity contribution in [2.24, 2.45) is 0 Å². The molecule has 136 valence electrons. The van der Waals surface area contributed by atoms with Gasteiger partial charge in [0.1, 0.15) is 0 Å². The molecule has 0 radical (unpaired) electrons. The number of carbonyl (C=O) groups is 1. The standard InChI is InChI=1S/C19H18N6O2/c1-10(2)20-19(27)23-18-21-14-8-7-11(9-15(14)22-18)16-12-5-3-4-6-13(12)17(26)25-24-16/h3-10H,1-2H3,(H,25,26)(H3,20,21,22,23,27). The van der Waals surface area contributed by atoms with Crippen LogP contribution >= 0.6 is 0 Å². The number of benzene rings is 2. The summed E-state index contributed by atoms with van der Waals surface area (Å²) in [5.41, 5.74) is 2.75. The first-order chi connectivity index (χ1) is 13.0. The fourth-order valence-corrected chi connectivity index (χ4v) is 2.96. The number of aromatic nitrogens is 4. The van der Waals surface area contributed by atoms with Gasteiger partial charge in [-0.05, 0) is 32.0 Å². The molecule has 8 nitrogen and oxygen atoms in total. The third-order valence-corrected chi connectivity index (χ3v) is 4.10. The summed E-state index contributed by atoms with van der Waals surface area (Å²) >= 11 is 0. The van der Waals surface area contributed by atoms with Crippen LogP contribution in [0.1, 0.15) is 13.8 Å². The first-order valence-corrected chi connectivity index (χ1v) is 8.56. The third-order valence-electron chi connectivity index (χ3n) is 4.10. The molecule has 2 aromatic carbocycles. The second kappa shape index (κ2) is 6.56. The van der Waals surface area contributed by atoms with Gasteiger partial charge in [-0.15, -0.1) is 0 Å². The molecule has 27 heavy (non-hydrogen) atoms. The molecule has 0 fully saturated rings. The van der Waals surface area contributed by atoms with Gasteiger partial charge in [-0.1, -0.05) is 24.3 Å². The molecule has 8 heteroatoms. The zero-order chi connectivity index (χ0) is 19.0. The van der Waals surface area contributed by atoms with E-state index < -0.39 is 0 Å². The fraction of sp³-hybridized carbons (Fsp3) is 0.158. The number of H-pyrrole nitrogens is 2. The lowest BCUT2D eigenvalue weighted by Gasteiger charge is -2.07. The molecule has 0 aliphatic carbocycles. The number of imidazole rings is 1. The van der Waals surface area contributed by atoms with E-state index in [0.717, 1.165) is 16.5 Å². The zero-order valence-electron chi connectivity index (χ0n) is 14.8. The van der Waals surface area contributed by atoms with E-state index in [1.165, 1.54) is 0 Å². The van der Waals surface area contributed by atoms with Crippen LogP contribution in [0.15, 0.2) is 47.3 Å². The largest absolute Gasteiger partial charge is 0.336 e. The number of anilines is 1. The number of aromatic amines is 2. The number of amides is 2. The summed E-state index contributed by atoms with van der Waals surface area (Å²) < 4.78 is 0. The highest BCUT2D eigenvalue weighted by Gasteiger charge is 2.12. The summed E-state index contributed by atoms with van der Waals surface area (Å²) in [5, 5.41) is 13.5. The van der Waals surface area contributed by atoms with Crippen molar-refractivity contribution in [3.05, 3.63) is 52.8 Å². The molecule has 0 saturated heterocycles. The summed E-state index contributed by atoms with van der Waals surface area (Å²) in [6.07, 6.45) is 0. The van der Waals surface area contributed by atoms with Crippen molar-refractivity contribution >= 4 is 33.8 Å². The molecular formula is C19H18N6O2. The second-order valence-electron chi connectivity index (χ2n) is 6.52. The van der Waals surface area contributed by atoms with Crippen LogP contribution in [0.25, 0.3) is 33.1 Å². The maximum atomic E-state index is 12.0. The van der Waals surface area contributed by atoms with Gasteiger partial charge in [-0.3, -0.25) is 10.1 Å². The quantitative estimate of drug-likeness (QED) is 0.448. The molecule has 0 unspecified atom stereocenters. The van der Waals surface area contributed by atoms with Crippen LogP contribution in [0, 0.1) is 0 Å². The van der Waals surface area contributed by atoms with E-state index in [-0.39, 0.29) is 17.6 Å². The van der Waals surface area contributed by atoms with E-state index in [9.17, 15) is 9.59 Å². The SMILES string of the molecule is CC(C)NC(=O)Nc1nc2ccc(-c3n[nH]c(=O)c4ccccc34)cc2[nH]1. The van der Waals surface area contributed by atoms with Crippen molar-refractivity contribution in [1.82, 2.24) is 25.5 Å². The molecular weight excluding hydrogens is 344 g/mol. The van der Waals surface area contributed by atoms with Crippen molar-refractivity contribution in [3.8, 4) is 11.3 Å². The van der Waals surface area contributed by atoms with Gasteiger partial charge in [-0.25, -0.2) is 14.9 Å². The summed E-state index contributed by atoms with van der Waals surface area (Å²) in [5.74, 6) is 0.361. The van der Waals surface area contributed by atoms with Crippen LogP contribution in [0.2, 0.25) is 0 Å². The molecule has 4 N–H and O–H groups in total. The average Bonchev–Trinajstić information content (AvgIpc) is 3.02. The number of carbonyl (C=O) groups excluding carboxylic acids is 1. The molecule has 0 aliphatic rings. The minimum absolute atomic E-state index is 0.0283. The van der Waals surface area contributed by atoms with E-state index >= 15 is 0 Å². The van der Waals surface area contributed by atoms with Crippen LogP contribution in [-0.2, 0) is 0 Å². The number of hydrogen-bond acceptors (Lipinski definition) is 4. The maximum absolute atomic E-state index is 12.0. The lowest BCUT2D eigenvalue weighted by molar-refractivity contribution is 0.250. The molecule has 0 bridgehead atoms. The Bertz CT molecular complexity index is 1210. The Morgan fingerprint density at radius 2 is 1.89 bits per heavy atom. The van der Waals surface area contributed by atoms with E-state index in [1.54, 1.807) is 6.07 Å². The van der Waals surface area contributed by atoms with E-state index in [1.807, 2.05) is 50.2 Å². The lowest BCUT2D eigenvalue weighted by atomic mass is 10.0. The molecule has 4 rings (SSSR count). The number of urea groups is 1. The van der Waals surface area contributed by atoms with Crippen LogP contribution in [0.3, 0.4) is 0 Å².